The number of hydrogen-bond donors (Lipinski definition) is 0. The number of hydrogen-bond acceptors (Lipinski definition) is 4. The highest BCUT2D eigenvalue weighted by Crippen LogP contribution is 2.29. The Hall–Kier alpha value is -2.64. The van der Waals surface area contributed by atoms with Gasteiger partial charge in [-0.05, 0) is 38.1 Å². The molecule has 0 aliphatic carbocycles. The molecule has 0 fully saturated rings. The van der Waals surface area contributed by atoms with E-state index in [4.69, 9.17) is 9.47 Å². The molecule has 0 saturated carbocycles. The Kier molecular flexibility index (Phi) is 4.83. The largest absolute Gasteiger partial charge is 0.459 e. The van der Waals surface area contributed by atoms with E-state index in [0.29, 0.717) is 0 Å². The van der Waals surface area contributed by atoms with E-state index in [1.165, 1.54) is 24.3 Å². The summed E-state index contributed by atoms with van der Waals surface area (Å²) in [5.74, 6) is -9.14. The van der Waals surface area contributed by atoms with Gasteiger partial charge in [0.2, 0.25) is 17.4 Å². The van der Waals surface area contributed by atoms with Gasteiger partial charge in [-0.2, -0.15) is 22.5 Å². The Morgan fingerprint density at radius 1 is 1.00 bits per heavy atom. The van der Waals surface area contributed by atoms with E-state index in [0.717, 1.165) is 0 Å². The molecule has 23 heavy (non-hydrogen) atoms. The molecule has 2 aromatic rings. The summed E-state index contributed by atoms with van der Waals surface area (Å²) in [6.07, 6.45) is -0.315. The predicted octanol–water partition coefficient (Wildman–Crippen LogP) is 4.00. The Balaban J connectivity index is 2.24. The molecule has 2 rings (SSSR count). The van der Waals surface area contributed by atoms with Gasteiger partial charge in [-0.15, -0.1) is 0 Å². The quantitative estimate of drug-likeness (QED) is 0.483. The highest BCUT2D eigenvalue weighted by Gasteiger charge is 2.23. The third-order valence-corrected chi connectivity index (χ3v) is 2.61. The lowest BCUT2D eigenvalue weighted by atomic mass is 10.2. The summed E-state index contributed by atoms with van der Waals surface area (Å²) in [6.45, 7) is 3.35. The molecule has 0 aliphatic heterocycles. The van der Waals surface area contributed by atoms with Gasteiger partial charge < -0.3 is 9.47 Å². The SMILES string of the molecule is CC(C)OC(=O)c1ccc(Oc2c(F)c(F)nc(F)c2F)cc1. The van der Waals surface area contributed by atoms with Crippen LogP contribution < -0.4 is 4.74 Å². The molecule has 1 heterocycles. The second-order valence-corrected chi connectivity index (χ2v) is 4.73. The fraction of sp³-hybridized carbons (Fsp3) is 0.200. The van der Waals surface area contributed by atoms with Crippen LogP contribution in [-0.2, 0) is 4.74 Å². The molecule has 1 aromatic heterocycles. The molecule has 0 N–H and O–H groups in total. The molecule has 0 atom stereocenters. The number of halogens is 4. The fourth-order valence-electron chi connectivity index (χ4n) is 1.62. The summed E-state index contributed by atoms with van der Waals surface area (Å²) in [6, 6.07) is 4.96. The van der Waals surface area contributed by atoms with Crippen molar-refractivity contribution in [2.45, 2.75) is 20.0 Å². The second kappa shape index (κ2) is 6.64. The topological polar surface area (TPSA) is 48.4 Å². The maximum absolute atomic E-state index is 13.4. The predicted molar refractivity (Wildman–Crippen MR) is 71.1 cm³/mol. The fourth-order valence-corrected chi connectivity index (χ4v) is 1.62. The first kappa shape index (κ1) is 16.7. The lowest BCUT2D eigenvalue weighted by molar-refractivity contribution is 0.0378. The maximum Gasteiger partial charge on any atom is 0.338 e. The molecule has 4 nitrogen and oxygen atoms in total. The zero-order valence-corrected chi connectivity index (χ0v) is 12.1. The van der Waals surface area contributed by atoms with Crippen molar-refractivity contribution in [1.82, 2.24) is 4.98 Å². The van der Waals surface area contributed by atoms with Crippen LogP contribution >= 0.6 is 0 Å². The summed E-state index contributed by atoms with van der Waals surface area (Å²) in [7, 11) is 0. The number of aromatic nitrogens is 1. The van der Waals surface area contributed by atoms with E-state index >= 15 is 0 Å². The van der Waals surface area contributed by atoms with Gasteiger partial charge in [0.1, 0.15) is 5.75 Å². The van der Waals surface area contributed by atoms with Crippen molar-refractivity contribution in [3.05, 3.63) is 53.4 Å². The van der Waals surface area contributed by atoms with Crippen LogP contribution in [0, 0.1) is 23.5 Å². The van der Waals surface area contributed by atoms with E-state index in [-0.39, 0.29) is 17.4 Å². The van der Waals surface area contributed by atoms with Crippen molar-refractivity contribution in [1.29, 1.82) is 0 Å². The number of rotatable bonds is 4. The minimum absolute atomic E-state index is 0.131. The number of esters is 1. The van der Waals surface area contributed by atoms with Crippen LogP contribution in [0.5, 0.6) is 11.5 Å². The molecule has 0 spiro atoms. The van der Waals surface area contributed by atoms with Gasteiger partial charge in [0, 0.05) is 0 Å². The van der Waals surface area contributed by atoms with Crippen LogP contribution in [0.25, 0.3) is 0 Å². The van der Waals surface area contributed by atoms with E-state index in [1.807, 2.05) is 0 Å². The molecule has 0 aliphatic rings. The summed E-state index contributed by atoms with van der Waals surface area (Å²) in [5, 5.41) is 0. The minimum atomic E-state index is -1.82. The van der Waals surface area contributed by atoms with Crippen LogP contribution in [0.1, 0.15) is 24.2 Å². The zero-order chi connectivity index (χ0) is 17.1. The first-order valence-electron chi connectivity index (χ1n) is 6.48. The molecule has 0 saturated heterocycles. The van der Waals surface area contributed by atoms with Crippen LogP contribution in [0.3, 0.4) is 0 Å². The van der Waals surface area contributed by atoms with E-state index in [1.54, 1.807) is 13.8 Å². The Morgan fingerprint density at radius 2 is 1.52 bits per heavy atom. The summed E-state index contributed by atoms with van der Waals surface area (Å²) in [5.41, 5.74) is 0.180. The van der Waals surface area contributed by atoms with Crippen molar-refractivity contribution >= 4 is 5.97 Å². The highest BCUT2D eigenvalue weighted by molar-refractivity contribution is 5.89. The molecular formula is C15H11F4NO3. The maximum atomic E-state index is 13.4. The van der Waals surface area contributed by atoms with Gasteiger partial charge >= 0.3 is 5.97 Å². The second-order valence-electron chi connectivity index (χ2n) is 4.73. The number of benzene rings is 1. The van der Waals surface area contributed by atoms with Crippen LogP contribution in [-0.4, -0.2) is 17.1 Å². The van der Waals surface area contributed by atoms with E-state index in [2.05, 4.69) is 4.98 Å². The molecule has 0 radical (unpaired) electrons. The Labute approximate surface area is 128 Å². The standard InChI is InChI=1S/C15H11F4NO3/c1-7(2)22-15(21)8-3-5-9(6-4-8)23-12-10(16)13(18)20-14(19)11(12)17/h3-7H,1-2H3. The van der Waals surface area contributed by atoms with Gasteiger partial charge in [-0.1, -0.05) is 0 Å². The zero-order valence-electron chi connectivity index (χ0n) is 12.1. The first-order chi connectivity index (χ1) is 10.8. The van der Waals surface area contributed by atoms with Gasteiger partial charge in [0.15, 0.2) is 0 Å². The molecule has 0 bridgehead atoms. The monoisotopic (exact) mass is 329 g/mol. The number of pyridine rings is 1. The van der Waals surface area contributed by atoms with Crippen molar-refractivity contribution in [2.24, 2.45) is 0 Å². The lowest BCUT2D eigenvalue weighted by Crippen LogP contribution is -2.11. The molecule has 122 valence electrons. The highest BCUT2D eigenvalue weighted by atomic mass is 19.2. The first-order valence-corrected chi connectivity index (χ1v) is 6.48. The third-order valence-electron chi connectivity index (χ3n) is 2.61. The molecule has 8 heteroatoms. The van der Waals surface area contributed by atoms with Gasteiger partial charge in [-0.3, -0.25) is 0 Å². The molecule has 0 amide bonds. The molecular weight excluding hydrogens is 318 g/mol. The van der Waals surface area contributed by atoms with Crippen molar-refractivity contribution < 1.29 is 31.8 Å². The number of carbonyl (C=O) groups excluding carboxylic acids is 1. The van der Waals surface area contributed by atoms with Crippen molar-refractivity contribution in [3.63, 3.8) is 0 Å². The van der Waals surface area contributed by atoms with Gasteiger partial charge in [0.25, 0.3) is 11.9 Å². The van der Waals surface area contributed by atoms with Crippen LogP contribution in [0.4, 0.5) is 17.6 Å². The number of nitrogens with zero attached hydrogens (tertiary/aromatic N) is 1. The normalized spacial score (nSPS) is 10.7. The summed E-state index contributed by atoms with van der Waals surface area (Å²) >= 11 is 0. The average molecular weight is 329 g/mol. The van der Waals surface area contributed by atoms with Crippen LogP contribution in [0.15, 0.2) is 24.3 Å². The Morgan fingerprint density at radius 3 is 2.00 bits per heavy atom. The minimum Gasteiger partial charge on any atom is -0.459 e. The number of carbonyl (C=O) groups is 1. The van der Waals surface area contributed by atoms with Gasteiger partial charge in [0.05, 0.1) is 11.7 Å². The van der Waals surface area contributed by atoms with Crippen LogP contribution in [0.2, 0.25) is 0 Å². The third kappa shape index (κ3) is 3.77. The lowest BCUT2D eigenvalue weighted by Gasteiger charge is -2.10. The Bertz CT molecular complexity index is 706. The van der Waals surface area contributed by atoms with Crippen molar-refractivity contribution in [3.8, 4) is 11.5 Å². The summed E-state index contributed by atoms with van der Waals surface area (Å²) in [4.78, 5) is 14.0. The van der Waals surface area contributed by atoms with Gasteiger partial charge in [-0.25, -0.2) is 4.79 Å². The van der Waals surface area contributed by atoms with E-state index < -0.39 is 35.2 Å². The van der Waals surface area contributed by atoms with Crippen molar-refractivity contribution in [2.75, 3.05) is 0 Å². The molecule has 0 unspecified atom stereocenters. The number of ether oxygens (including phenoxy) is 2. The average Bonchev–Trinajstić information content (AvgIpc) is 2.49. The summed E-state index contributed by atoms with van der Waals surface area (Å²) < 4.78 is 62.6. The van der Waals surface area contributed by atoms with E-state index in [9.17, 15) is 22.4 Å². The molecule has 1 aromatic carbocycles. The smallest absolute Gasteiger partial charge is 0.338 e.